The van der Waals surface area contributed by atoms with E-state index in [0.717, 1.165) is 4.47 Å². The number of halogens is 1. The van der Waals surface area contributed by atoms with Crippen molar-refractivity contribution in [1.29, 1.82) is 0 Å². The fourth-order valence-electron chi connectivity index (χ4n) is 0.623. The average molecular weight is 274 g/mol. The van der Waals surface area contributed by atoms with Crippen molar-refractivity contribution in [3.8, 4) is 0 Å². The molecule has 2 heteroatoms. The zero-order valence-electron chi connectivity index (χ0n) is 5.88. The summed E-state index contributed by atoms with van der Waals surface area (Å²) in [5, 5.41) is 0. The summed E-state index contributed by atoms with van der Waals surface area (Å²) in [6, 6.07) is 8.32. The van der Waals surface area contributed by atoms with Crippen molar-refractivity contribution >= 4 is 35.3 Å². The Morgan fingerprint density at radius 3 is 2.55 bits per heavy atom. The fraction of sp³-hybridized carbons (Fsp3) is 0. The first-order valence-electron chi connectivity index (χ1n) is 3.09. The van der Waals surface area contributed by atoms with E-state index in [-0.39, 0.29) is 0 Å². The van der Waals surface area contributed by atoms with Crippen LogP contribution in [-0.4, -0.2) is 15.0 Å². The van der Waals surface area contributed by atoms with Crippen LogP contribution >= 0.6 is 15.9 Å². The molecule has 0 heterocycles. The van der Waals surface area contributed by atoms with Gasteiger partial charge in [-0.2, -0.15) is 0 Å². The topological polar surface area (TPSA) is 0 Å². The molecule has 0 amide bonds. The summed E-state index contributed by atoms with van der Waals surface area (Å²) in [6.07, 6.45) is 0. The van der Waals surface area contributed by atoms with Gasteiger partial charge in [-0.1, -0.05) is 0 Å². The van der Waals surface area contributed by atoms with Gasteiger partial charge in [-0.3, -0.25) is 0 Å². The first-order chi connectivity index (χ1) is 5.33. The van der Waals surface area contributed by atoms with Crippen molar-refractivity contribution in [3.63, 3.8) is 0 Å². The van der Waals surface area contributed by atoms with Gasteiger partial charge < -0.3 is 0 Å². The van der Waals surface area contributed by atoms with Crippen LogP contribution in [0, 0.1) is 0 Å². The van der Waals surface area contributed by atoms with Gasteiger partial charge in [0.25, 0.3) is 0 Å². The van der Waals surface area contributed by atoms with Crippen LogP contribution in [0.5, 0.6) is 0 Å². The molecule has 56 valence electrons. The van der Waals surface area contributed by atoms with Crippen LogP contribution in [0.25, 0.3) is 0 Å². The van der Waals surface area contributed by atoms with Gasteiger partial charge in [0.15, 0.2) is 0 Å². The van der Waals surface area contributed by atoms with Gasteiger partial charge in [-0.15, -0.1) is 0 Å². The number of hydrogen-bond donors (Lipinski definition) is 0. The number of hydrogen-bond acceptors (Lipinski definition) is 0. The molecule has 0 nitrogen and oxygen atoms in total. The van der Waals surface area contributed by atoms with Gasteiger partial charge in [0.05, 0.1) is 0 Å². The Balaban J connectivity index is 2.73. The summed E-state index contributed by atoms with van der Waals surface area (Å²) in [5.74, 6) is 0. The van der Waals surface area contributed by atoms with Crippen molar-refractivity contribution < 1.29 is 0 Å². The zero-order chi connectivity index (χ0) is 8.10. The average Bonchev–Trinajstić information content (AvgIpc) is 2.04. The van der Waals surface area contributed by atoms with Crippen molar-refractivity contribution in [2.75, 3.05) is 0 Å². The molecule has 0 fully saturated rings. The van der Waals surface area contributed by atoms with Crippen LogP contribution in [0.3, 0.4) is 0 Å². The normalized spacial score (nSPS) is 8.82. The SMILES string of the molecule is C=C=C[Se]c1ccc(Br)cc1. The molecule has 0 aliphatic heterocycles. The second-order valence-electron chi connectivity index (χ2n) is 1.89. The summed E-state index contributed by atoms with van der Waals surface area (Å²) in [6.45, 7) is 3.52. The van der Waals surface area contributed by atoms with Gasteiger partial charge in [-0.25, -0.2) is 0 Å². The molecule has 0 aliphatic carbocycles. The van der Waals surface area contributed by atoms with Crippen LogP contribution in [0.1, 0.15) is 0 Å². The number of benzene rings is 1. The van der Waals surface area contributed by atoms with Gasteiger partial charge in [0, 0.05) is 0 Å². The molecule has 0 bridgehead atoms. The Labute approximate surface area is 81.3 Å². The van der Waals surface area contributed by atoms with Crippen LogP contribution in [0.2, 0.25) is 0 Å². The second-order valence-corrected chi connectivity index (χ2v) is 4.79. The van der Waals surface area contributed by atoms with E-state index in [1.807, 2.05) is 17.1 Å². The zero-order valence-corrected chi connectivity index (χ0v) is 9.18. The van der Waals surface area contributed by atoms with Crippen LogP contribution in [0.15, 0.2) is 46.0 Å². The third-order valence-corrected chi connectivity index (χ3v) is 3.36. The van der Waals surface area contributed by atoms with Gasteiger partial charge >= 0.3 is 81.4 Å². The predicted octanol–water partition coefficient (Wildman–Crippen LogP) is 2.08. The molecule has 1 rings (SSSR count). The van der Waals surface area contributed by atoms with Crippen molar-refractivity contribution in [1.82, 2.24) is 0 Å². The summed E-state index contributed by atoms with van der Waals surface area (Å²) >= 11 is 3.77. The third kappa shape index (κ3) is 3.09. The van der Waals surface area contributed by atoms with E-state index in [9.17, 15) is 0 Å². The first-order valence-corrected chi connectivity index (χ1v) is 5.73. The molecule has 1 aromatic carbocycles. The second kappa shape index (κ2) is 4.58. The van der Waals surface area contributed by atoms with Gasteiger partial charge in [0.1, 0.15) is 0 Å². The molecular formula is C9H7BrSe. The summed E-state index contributed by atoms with van der Waals surface area (Å²) < 4.78 is 2.47. The molecule has 1 aromatic rings. The monoisotopic (exact) mass is 274 g/mol. The Kier molecular flexibility index (Phi) is 3.68. The van der Waals surface area contributed by atoms with E-state index < -0.39 is 0 Å². The van der Waals surface area contributed by atoms with E-state index in [1.54, 1.807) is 0 Å². The third-order valence-electron chi connectivity index (χ3n) is 1.09. The Morgan fingerprint density at radius 1 is 1.36 bits per heavy atom. The summed E-state index contributed by atoms with van der Waals surface area (Å²) in [5.41, 5.74) is 2.77. The summed E-state index contributed by atoms with van der Waals surface area (Å²) in [4.78, 5) is 1.98. The minimum absolute atomic E-state index is 0.391. The molecule has 0 aliphatic rings. The number of rotatable bonds is 2. The van der Waals surface area contributed by atoms with Crippen molar-refractivity contribution in [2.45, 2.75) is 0 Å². The predicted molar refractivity (Wildman–Crippen MR) is 53.2 cm³/mol. The molecule has 11 heavy (non-hydrogen) atoms. The Morgan fingerprint density at radius 2 is 2.00 bits per heavy atom. The maximum atomic E-state index is 3.52. The quantitative estimate of drug-likeness (QED) is 0.572. The Hall–Kier alpha value is -0.261. The van der Waals surface area contributed by atoms with Crippen LogP contribution in [-0.2, 0) is 0 Å². The molecular weight excluding hydrogens is 267 g/mol. The van der Waals surface area contributed by atoms with Gasteiger partial charge in [0.2, 0.25) is 0 Å². The molecule has 0 aromatic heterocycles. The van der Waals surface area contributed by atoms with Crippen LogP contribution in [0.4, 0.5) is 0 Å². The molecule has 0 atom stereocenters. The van der Waals surface area contributed by atoms with E-state index in [2.05, 4.69) is 40.4 Å². The first kappa shape index (κ1) is 8.83. The standard InChI is InChI=1S/C9H7BrSe/c1-2-7-11-9-5-3-8(10)4-6-9/h3-7H,1H2. The summed E-state index contributed by atoms with van der Waals surface area (Å²) in [7, 11) is 0. The van der Waals surface area contributed by atoms with E-state index >= 15 is 0 Å². The van der Waals surface area contributed by atoms with Crippen molar-refractivity contribution in [3.05, 3.63) is 46.0 Å². The van der Waals surface area contributed by atoms with E-state index in [1.165, 1.54) is 4.46 Å². The van der Waals surface area contributed by atoms with E-state index in [4.69, 9.17) is 0 Å². The molecule has 0 unspecified atom stereocenters. The Bertz CT molecular complexity index is 270. The molecule has 0 N–H and O–H groups in total. The van der Waals surface area contributed by atoms with Crippen LogP contribution < -0.4 is 4.46 Å². The van der Waals surface area contributed by atoms with Crippen molar-refractivity contribution in [2.24, 2.45) is 0 Å². The van der Waals surface area contributed by atoms with Gasteiger partial charge in [-0.05, 0) is 0 Å². The molecule has 0 spiro atoms. The minimum atomic E-state index is 0.391. The molecule has 0 saturated carbocycles. The molecule has 0 radical (unpaired) electrons. The molecule has 0 saturated heterocycles. The van der Waals surface area contributed by atoms with E-state index in [0.29, 0.717) is 15.0 Å². The fourth-order valence-corrected chi connectivity index (χ4v) is 1.96. The maximum absolute atomic E-state index is 3.52.